The predicted octanol–water partition coefficient (Wildman–Crippen LogP) is 3.47. The maximum absolute atomic E-state index is 11.1. The molecule has 1 aromatic heterocycles. The van der Waals surface area contributed by atoms with Gasteiger partial charge in [0, 0.05) is 11.3 Å². The number of aromatic nitrogens is 2. The smallest absolute Gasteiger partial charge is 0.744 e. The van der Waals surface area contributed by atoms with Crippen molar-refractivity contribution in [2.45, 2.75) is 102 Å². The van der Waals surface area contributed by atoms with Crippen LogP contribution < -0.4 is 29.6 Å². The van der Waals surface area contributed by atoms with Crippen LogP contribution in [-0.2, 0) is 16.5 Å². The minimum atomic E-state index is -4.47. The fraction of sp³-hybridized carbons (Fsp3) is 0.652. The van der Waals surface area contributed by atoms with Gasteiger partial charge in [0.2, 0.25) is 0 Å². The Morgan fingerprint density at radius 2 is 1.52 bits per heavy atom. The number of imidazole rings is 1. The number of fused-ring (bicyclic) bond motifs is 1. The van der Waals surface area contributed by atoms with Gasteiger partial charge in [-0.05, 0) is 31.0 Å². The summed E-state index contributed by atoms with van der Waals surface area (Å²) < 4.78 is 33.4. The SMILES string of the molecule is CCCCCCCCCCCCCCC(=S)Cc1nc2cc(S(=O)(=O)[O-])ccc2[nH]1.[Na+]. The zero-order valence-corrected chi connectivity index (χ0v) is 22.8. The van der Waals surface area contributed by atoms with Gasteiger partial charge in [-0.25, -0.2) is 13.4 Å². The second-order valence-electron chi connectivity index (χ2n) is 8.17. The number of nitrogens with one attached hydrogen (secondary N) is 1. The molecule has 0 spiro atoms. The molecule has 0 aliphatic heterocycles. The van der Waals surface area contributed by atoms with Gasteiger partial charge < -0.3 is 9.54 Å². The largest absolute Gasteiger partial charge is 1.00 e. The Hall–Kier alpha value is -0.310. The van der Waals surface area contributed by atoms with Crippen LogP contribution in [0.4, 0.5) is 0 Å². The van der Waals surface area contributed by atoms with Crippen molar-refractivity contribution in [2.75, 3.05) is 0 Å². The summed E-state index contributed by atoms with van der Waals surface area (Å²) in [4.78, 5) is 8.24. The van der Waals surface area contributed by atoms with Gasteiger partial charge in [-0.15, -0.1) is 0 Å². The first kappa shape index (κ1) is 28.7. The van der Waals surface area contributed by atoms with E-state index in [4.69, 9.17) is 12.2 Å². The van der Waals surface area contributed by atoms with E-state index in [9.17, 15) is 13.0 Å². The summed E-state index contributed by atoms with van der Waals surface area (Å²) in [5.74, 6) is 0.717. The monoisotopic (exact) mass is 474 g/mol. The molecule has 0 fully saturated rings. The molecule has 5 nitrogen and oxygen atoms in total. The second-order valence-corrected chi connectivity index (χ2v) is 10.1. The van der Waals surface area contributed by atoms with Crippen LogP contribution >= 0.6 is 12.2 Å². The number of benzene rings is 1. The van der Waals surface area contributed by atoms with Crippen LogP contribution in [-0.4, -0.2) is 27.8 Å². The van der Waals surface area contributed by atoms with E-state index in [1.165, 1.54) is 82.8 Å². The molecule has 0 aliphatic carbocycles. The van der Waals surface area contributed by atoms with Crippen molar-refractivity contribution in [3.8, 4) is 0 Å². The zero-order chi connectivity index (χ0) is 21.8. The minimum absolute atomic E-state index is 0. The van der Waals surface area contributed by atoms with E-state index < -0.39 is 10.1 Å². The summed E-state index contributed by atoms with van der Waals surface area (Å²) in [6.45, 7) is 2.26. The molecule has 0 saturated heterocycles. The molecule has 0 amide bonds. The first-order valence-electron chi connectivity index (χ1n) is 11.4. The Morgan fingerprint density at radius 1 is 0.968 bits per heavy atom. The number of aromatic amines is 1. The standard InChI is InChI=1S/C23H36N2O3S2.Na/c1-2-3-4-5-6-7-8-9-10-11-12-13-14-19(29)17-23-24-21-16-15-20(30(26,27)28)18-22(21)25-23;/h15-16,18H,2-14,17H2,1H3,(H,24,25)(H,26,27,28);/q;+1/p-1. The zero-order valence-electron chi connectivity index (χ0n) is 19.1. The van der Waals surface area contributed by atoms with Crippen molar-refractivity contribution >= 4 is 38.2 Å². The van der Waals surface area contributed by atoms with Gasteiger partial charge >= 0.3 is 29.6 Å². The van der Waals surface area contributed by atoms with Crippen LogP contribution in [0.3, 0.4) is 0 Å². The van der Waals surface area contributed by atoms with Crippen LogP contribution in [0.5, 0.6) is 0 Å². The number of H-pyrrole nitrogens is 1. The molecule has 1 heterocycles. The molecule has 1 aromatic carbocycles. The van der Waals surface area contributed by atoms with Gasteiger partial charge in [-0.2, -0.15) is 0 Å². The molecule has 0 unspecified atom stereocenters. The van der Waals surface area contributed by atoms with E-state index in [1.54, 1.807) is 6.07 Å². The molecule has 0 radical (unpaired) electrons. The number of hydrogen-bond donors (Lipinski definition) is 1. The van der Waals surface area contributed by atoms with Crippen LogP contribution in [0, 0.1) is 0 Å². The van der Waals surface area contributed by atoms with Gasteiger partial charge in [-0.1, -0.05) is 89.8 Å². The molecule has 31 heavy (non-hydrogen) atoms. The van der Waals surface area contributed by atoms with Crippen LogP contribution in [0.1, 0.15) is 96.2 Å². The Balaban J connectivity index is 0.00000480. The quantitative estimate of drug-likeness (QED) is 0.174. The first-order valence-corrected chi connectivity index (χ1v) is 13.2. The van der Waals surface area contributed by atoms with E-state index in [2.05, 4.69) is 16.9 Å². The molecule has 2 aromatic rings. The summed E-state index contributed by atoms with van der Waals surface area (Å²) in [7, 11) is -4.47. The maximum atomic E-state index is 11.1. The fourth-order valence-corrected chi connectivity index (χ4v) is 4.49. The normalized spacial score (nSPS) is 11.5. The van der Waals surface area contributed by atoms with Crippen molar-refractivity contribution in [3.63, 3.8) is 0 Å². The molecule has 0 atom stereocenters. The molecule has 168 valence electrons. The average molecular weight is 475 g/mol. The van der Waals surface area contributed by atoms with Crippen molar-refractivity contribution in [1.29, 1.82) is 0 Å². The summed E-state index contributed by atoms with van der Waals surface area (Å²) in [5, 5.41) is 0. The Bertz CT molecular complexity index is 897. The van der Waals surface area contributed by atoms with Gasteiger partial charge in [0.05, 0.1) is 15.9 Å². The maximum Gasteiger partial charge on any atom is 1.00 e. The third-order valence-corrected chi connectivity index (χ3v) is 6.65. The third-order valence-electron chi connectivity index (χ3n) is 5.47. The van der Waals surface area contributed by atoms with Crippen molar-refractivity contribution < 1.29 is 42.5 Å². The second kappa shape index (κ2) is 15.5. The predicted molar refractivity (Wildman–Crippen MR) is 126 cm³/mol. The molecule has 2 rings (SSSR count). The molecular weight excluding hydrogens is 439 g/mol. The topological polar surface area (TPSA) is 85.9 Å². The Morgan fingerprint density at radius 3 is 2.06 bits per heavy atom. The number of thiocarbonyl (C=S) groups is 1. The number of hydrogen-bond acceptors (Lipinski definition) is 5. The van der Waals surface area contributed by atoms with E-state index in [-0.39, 0.29) is 34.5 Å². The molecule has 1 N–H and O–H groups in total. The molecule has 0 bridgehead atoms. The average Bonchev–Trinajstić information content (AvgIpc) is 3.09. The number of unbranched alkanes of at least 4 members (excludes halogenated alkanes) is 11. The third kappa shape index (κ3) is 11.4. The van der Waals surface area contributed by atoms with E-state index in [0.717, 1.165) is 23.5 Å². The first-order chi connectivity index (χ1) is 14.4. The van der Waals surface area contributed by atoms with E-state index in [0.29, 0.717) is 17.5 Å². The van der Waals surface area contributed by atoms with Gasteiger partial charge in [0.15, 0.2) is 0 Å². The van der Waals surface area contributed by atoms with Crippen LogP contribution in [0.15, 0.2) is 23.1 Å². The molecule has 0 saturated carbocycles. The number of rotatable bonds is 16. The molecule has 8 heteroatoms. The summed E-state index contributed by atoms with van der Waals surface area (Å²) >= 11 is 5.50. The van der Waals surface area contributed by atoms with Crippen molar-refractivity contribution in [2.24, 2.45) is 0 Å². The van der Waals surface area contributed by atoms with Crippen LogP contribution in [0.25, 0.3) is 11.0 Å². The Labute approximate surface area is 215 Å². The summed E-state index contributed by atoms with van der Waals surface area (Å²) in [5.41, 5.74) is 1.20. The van der Waals surface area contributed by atoms with Crippen molar-refractivity contribution in [3.05, 3.63) is 24.0 Å². The number of nitrogens with zero attached hydrogens (tertiary/aromatic N) is 1. The summed E-state index contributed by atoms with van der Waals surface area (Å²) in [6.07, 6.45) is 17.4. The summed E-state index contributed by atoms with van der Waals surface area (Å²) in [6, 6.07) is 4.19. The molecule has 0 aliphatic rings. The van der Waals surface area contributed by atoms with Crippen LogP contribution in [0.2, 0.25) is 0 Å². The van der Waals surface area contributed by atoms with E-state index in [1.807, 2.05) is 0 Å². The van der Waals surface area contributed by atoms with Gasteiger partial charge in [0.1, 0.15) is 15.9 Å². The fourth-order valence-electron chi connectivity index (χ4n) is 3.72. The van der Waals surface area contributed by atoms with Gasteiger partial charge in [0.25, 0.3) is 0 Å². The van der Waals surface area contributed by atoms with Crippen molar-refractivity contribution in [1.82, 2.24) is 9.97 Å². The minimum Gasteiger partial charge on any atom is -0.744 e. The molecular formula is C23H35N2NaO3S2. The Kier molecular flexibility index (Phi) is 14.4. The van der Waals surface area contributed by atoms with E-state index >= 15 is 0 Å². The van der Waals surface area contributed by atoms with Gasteiger partial charge in [-0.3, -0.25) is 0 Å².